The molecule has 3 aliphatic rings. The molecule has 3 heterocycles. The molecular formula is C26H25N5O2. The SMILES string of the molecule is Cc1ccc([C@H]2C[C@H](c3ccccc3)Nc3nc(N4C(=O)[C@H]5CC=CC[C@H]5C4=O)nn32)cc1. The van der Waals surface area contributed by atoms with Crippen LogP contribution in [0.15, 0.2) is 66.7 Å². The van der Waals surface area contributed by atoms with Gasteiger partial charge in [0.1, 0.15) is 0 Å². The molecule has 3 aromatic rings. The molecule has 2 aliphatic heterocycles. The van der Waals surface area contributed by atoms with Crippen LogP contribution in [0.4, 0.5) is 11.9 Å². The average molecular weight is 440 g/mol. The number of aryl methyl sites for hydroxylation is 1. The number of fused-ring (bicyclic) bond motifs is 2. The predicted molar refractivity (Wildman–Crippen MR) is 125 cm³/mol. The van der Waals surface area contributed by atoms with Crippen LogP contribution in [0.5, 0.6) is 0 Å². The quantitative estimate of drug-likeness (QED) is 0.489. The standard InChI is InChI=1S/C26H25N5O2/c1-16-11-13-18(14-12-16)22-15-21(17-7-3-2-4-8-17)27-25-28-26(29-31(22)25)30-23(32)19-9-5-6-10-20(19)24(30)33/h2-8,11-14,19-22H,9-10,15H2,1H3,(H,27,28,29)/t19-,20+,21-,22-/m1/s1. The number of carbonyl (C=O) groups is 2. The molecule has 6 rings (SSSR count). The molecule has 7 heteroatoms. The van der Waals surface area contributed by atoms with Crippen molar-refractivity contribution in [1.82, 2.24) is 14.8 Å². The summed E-state index contributed by atoms with van der Waals surface area (Å²) < 4.78 is 1.83. The number of imide groups is 1. The van der Waals surface area contributed by atoms with Crippen LogP contribution < -0.4 is 10.2 Å². The summed E-state index contributed by atoms with van der Waals surface area (Å²) in [4.78, 5) is 32.1. The van der Waals surface area contributed by atoms with Crippen molar-refractivity contribution in [2.45, 2.75) is 38.3 Å². The largest absolute Gasteiger partial charge is 0.347 e. The fourth-order valence-electron chi connectivity index (χ4n) is 5.23. The molecule has 1 aromatic heterocycles. The summed E-state index contributed by atoms with van der Waals surface area (Å²) in [6, 6.07) is 18.7. The van der Waals surface area contributed by atoms with Gasteiger partial charge >= 0.3 is 0 Å². The highest BCUT2D eigenvalue weighted by molar-refractivity contribution is 6.21. The molecule has 0 bridgehead atoms. The number of benzene rings is 2. The monoisotopic (exact) mass is 439 g/mol. The van der Waals surface area contributed by atoms with E-state index < -0.39 is 0 Å². The van der Waals surface area contributed by atoms with Gasteiger partial charge in [-0.1, -0.05) is 72.3 Å². The molecule has 1 aliphatic carbocycles. The van der Waals surface area contributed by atoms with E-state index in [0.717, 1.165) is 17.5 Å². The van der Waals surface area contributed by atoms with Crippen molar-refractivity contribution in [3.05, 3.63) is 83.4 Å². The number of amides is 2. The summed E-state index contributed by atoms with van der Waals surface area (Å²) in [5.41, 5.74) is 3.48. The molecule has 0 saturated carbocycles. The number of carbonyl (C=O) groups excluding carboxylic acids is 2. The highest BCUT2D eigenvalue weighted by Crippen LogP contribution is 2.41. The van der Waals surface area contributed by atoms with Crippen molar-refractivity contribution >= 4 is 23.7 Å². The van der Waals surface area contributed by atoms with Gasteiger partial charge in [0.25, 0.3) is 5.95 Å². The molecule has 0 radical (unpaired) electrons. The Hall–Kier alpha value is -3.74. The van der Waals surface area contributed by atoms with E-state index in [-0.39, 0.29) is 41.7 Å². The van der Waals surface area contributed by atoms with E-state index in [4.69, 9.17) is 5.10 Å². The van der Waals surface area contributed by atoms with Crippen LogP contribution in [-0.2, 0) is 9.59 Å². The third-order valence-electron chi connectivity index (χ3n) is 7.05. The summed E-state index contributed by atoms with van der Waals surface area (Å²) in [6.07, 6.45) is 5.95. The van der Waals surface area contributed by atoms with Gasteiger partial charge in [-0.25, -0.2) is 9.58 Å². The van der Waals surface area contributed by atoms with E-state index in [1.165, 1.54) is 10.5 Å². The molecule has 0 spiro atoms. The van der Waals surface area contributed by atoms with Crippen LogP contribution >= 0.6 is 0 Å². The topological polar surface area (TPSA) is 80.1 Å². The van der Waals surface area contributed by atoms with Crippen molar-refractivity contribution in [3.63, 3.8) is 0 Å². The molecule has 33 heavy (non-hydrogen) atoms. The van der Waals surface area contributed by atoms with E-state index in [0.29, 0.717) is 18.8 Å². The van der Waals surface area contributed by atoms with Crippen LogP contribution in [0.1, 0.15) is 48.0 Å². The van der Waals surface area contributed by atoms with Gasteiger partial charge in [0.15, 0.2) is 0 Å². The van der Waals surface area contributed by atoms with Crippen molar-refractivity contribution in [1.29, 1.82) is 0 Å². The second kappa shape index (κ2) is 7.69. The number of hydrogen-bond donors (Lipinski definition) is 1. The number of nitrogens with zero attached hydrogens (tertiary/aromatic N) is 4. The maximum Gasteiger partial charge on any atom is 0.260 e. The molecule has 2 aromatic carbocycles. The molecular weight excluding hydrogens is 414 g/mol. The molecule has 4 atom stereocenters. The Balaban J connectivity index is 1.41. The van der Waals surface area contributed by atoms with Gasteiger partial charge in [-0.2, -0.15) is 4.98 Å². The first-order valence-corrected chi connectivity index (χ1v) is 11.5. The zero-order chi connectivity index (χ0) is 22.5. The van der Waals surface area contributed by atoms with Gasteiger partial charge < -0.3 is 5.32 Å². The van der Waals surface area contributed by atoms with E-state index in [1.54, 1.807) is 0 Å². The lowest BCUT2D eigenvalue weighted by molar-refractivity contribution is -0.122. The van der Waals surface area contributed by atoms with Crippen LogP contribution in [-0.4, -0.2) is 26.6 Å². The Morgan fingerprint density at radius 3 is 2.21 bits per heavy atom. The number of nitrogens with one attached hydrogen (secondary N) is 1. The van der Waals surface area contributed by atoms with Crippen molar-refractivity contribution in [3.8, 4) is 0 Å². The van der Waals surface area contributed by atoms with Crippen molar-refractivity contribution in [2.75, 3.05) is 10.2 Å². The zero-order valence-corrected chi connectivity index (χ0v) is 18.4. The van der Waals surface area contributed by atoms with Crippen LogP contribution in [0.3, 0.4) is 0 Å². The van der Waals surface area contributed by atoms with Gasteiger partial charge in [0, 0.05) is 0 Å². The van der Waals surface area contributed by atoms with E-state index in [9.17, 15) is 9.59 Å². The number of allylic oxidation sites excluding steroid dienone is 2. The zero-order valence-electron chi connectivity index (χ0n) is 18.4. The first-order chi connectivity index (χ1) is 16.1. The maximum absolute atomic E-state index is 13.1. The van der Waals surface area contributed by atoms with Gasteiger partial charge in [-0.05, 0) is 37.3 Å². The minimum absolute atomic E-state index is 0.0406. The molecule has 1 fully saturated rings. The number of rotatable bonds is 3. The Kier molecular flexibility index (Phi) is 4.64. The smallest absolute Gasteiger partial charge is 0.260 e. The summed E-state index contributed by atoms with van der Waals surface area (Å²) in [7, 11) is 0. The summed E-state index contributed by atoms with van der Waals surface area (Å²) in [6.45, 7) is 2.07. The van der Waals surface area contributed by atoms with E-state index >= 15 is 0 Å². The molecule has 1 saturated heterocycles. The lowest BCUT2D eigenvalue weighted by atomic mass is 9.85. The normalized spacial score (nSPS) is 26.2. The molecule has 7 nitrogen and oxygen atoms in total. The Bertz CT molecular complexity index is 1220. The highest BCUT2D eigenvalue weighted by Gasteiger charge is 2.49. The highest BCUT2D eigenvalue weighted by atomic mass is 16.2. The maximum atomic E-state index is 13.1. The Morgan fingerprint density at radius 2 is 1.55 bits per heavy atom. The summed E-state index contributed by atoms with van der Waals surface area (Å²) >= 11 is 0. The van der Waals surface area contributed by atoms with Crippen LogP contribution in [0.25, 0.3) is 0 Å². The van der Waals surface area contributed by atoms with E-state index in [2.05, 4.69) is 53.6 Å². The summed E-state index contributed by atoms with van der Waals surface area (Å²) in [5, 5.41) is 8.20. The first kappa shape index (κ1) is 19.9. The Labute approximate surface area is 192 Å². The third kappa shape index (κ3) is 3.26. The fourth-order valence-corrected chi connectivity index (χ4v) is 5.23. The van der Waals surface area contributed by atoms with Gasteiger partial charge in [0.05, 0.1) is 23.9 Å². The average Bonchev–Trinajstić information content (AvgIpc) is 3.38. The predicted octanol–water partition coefficient (Wildman–Crippen LogP) is 4.19. The van der Waals surface area contributed by atoms with E-state index in [1.807, 2.05) is 35.0 Å². The number of aromatic nitrogens is 3. The van der Waals surface area contributed by atoms with Crippen molar-refractivity contribution in [2.24, 2.45) is 11.8 Å². The first-order valence-electron chi connectivity index (χ1n) is 11.5. The minimum atomic E-state index is -0.305. The molecule has 0 unspecified atom stereocenters. The minimum Gasteiger partial charge on any atom is -0.347 e. The summed E-state index contributed by atoms with van der Waals surface area (Å²) in [5.74, 6) is -0.244. The van der Waals surface area contributed by atoms with Gasteiger partial charge in [-0.3, -0.25) is 9.59 Å². The second-order valence-corrected chi connectivity index (χ2v) is 9.12. The molecule has 166 valence electrons. The molecule has 1 N–H and O–H groups in total. The third-order valence-corrected chi connectivity index (χ3v) is 7.05. The van der Waals surface area contributed by atoms with Crippen LogP contribution in [0, 0.1) is 18.8 Å². The number of hydrogen-bond acceptors (Lipinski definition) is 5. The van der Waals surface area contributed by atoms with Crippen LogP contribution in [0.2, 0.25) is 0 Å². The lowest BCUT2D eigenvalue weighted by Gasteiger charge is -2.31. The Morgan fingerprint density at radius 1 is 0.879 bits per heavy atom. The van der Waals surface area contributed by atoms with Gasteiger partial charge in [0.2, 0.25) is 17.8 Å². The van der Waals surface area contributed by atoms with Gasteiger partial charge in [-0.15, -0.1) is 5.10 Å². The van der Waals surface area contributed by atoms with Crippen molar-refractivity contribution < 1.29 is 9.59 Å². The number of anilines is 2. The lowest BCUT2D eigenvalue weighted by Crippen LogP contribution is -2.32. The molecule has 2 amide bonds. The second-order valence-electron chi connectivity index (χ2n) is 9.12. The fraction of sp³-hybridized carbons (Fsp3) is 0.308.